The molecule has 0 bridgehead atoms. The number of benzene rings is 3. The van der Waals surface area contributed by atoms with Crippen LogP contribution in [0, 0.1) is 0 Å². The third kappa shape index (κ3) is 7.35. The van der Waals surface area contributed by atoms with Gasteiger partial charge in [0.1, 0.15) is 18.3 Å². The number of methoxy groups -OCH3 is 1. The molecule has 0 saturated carbocycles. The molecule has 3 aromatic carbocycles. The summed E-state index contributed by atoms with van der Waals surface area (Å²) < 4.78 is 33.9. The first-order valence-electron chi connectivity index (χ1n) is 12.3. The van der Waals surface area contributed by atoms with Crippen LogP contribution in [0.15, 0.2) is 89.8 Å². The predicted molar refractivity (Wildman–Crippen MR) is 148 cm³/mol. The maximum Gasteiger partial charge on any atom is 0.264 e. The van der Waals surface area contributed by atoms with Gasteiger partial charge in [-0.1, -0.05) is 54.6 Å². The molecule has 9 heteroatoms. The summed E-state index contributed by atoms with van der Waals surface area (Å²) in [5, 5.41) is 2.91. The van der Waals surface area contributed by atoms with Crippen molar-refractivity contribution in [2.75, 3.05) is 18.0 Å². The number of sulfonamides is 1. The summed E-state index contributed by atoms with van der Waals surface area (Å²) in [5.74, 6) is -0.407. The first-order chi connectivity index (χ1) is 17.9. The fraction of sp³-hybridized carbons (Fsp3) is 0.310. The Kier molecular flexibility index (Phi) is 9.17. The van der Waals surface area contributed by atoms with E-state index in [1.165, 1.54) is 24.1 Å². The second kappa shape index (κ2) is 12.1. The van der Waals surface area contributed by atoms with E-state index < -0.39 is 34.1 Å². The Morgan fingerprint density at radius 1 is 0.921 bits per heavy atom. The summed E-state index contributed by atoms with van der Waals surface area (Å²) >= 11 is 0. The SMILES string of the molecule is COc1cccc(N(CC(=O)N(Cc2ccccc2)[C@H](C)C(=O)NC(C)(C)C)S(=O)(=O)c2ccccc2)c1. The molecule has 1 atom stereocenters. The molecule has 2 amide bonds. The number of hydrogen-bond acceptors (Lipinski definition) is 5. The Morgan fingerprint density at radius 2 is 1.53 bits per heavy atom. The van der Waals surface area contributed by atoms with Crippen LogP contribution in [0.25, 0.3) is 0 Å². The molecule has 0 aliphatic heterocycles. The number of carbonyl (C=O) groups excluding carboxylic acids is 2. The lowest BCUT2D eigenvalue weighted by Gasteiger charge is -2.33. The lowest BCUT2D eigenvalue weighted by molar-refractivity contribution is -0.140. The highest BCUT2D eigenvalue weighted by Crippen LogP contribution is 2.27. The topological polar surface area (TPSA) is 96.0 Å². The molecule has 0 radical (unpaired) electrons. The molecule has 0 spiro atoms. The van der Waals surface area contributed by atoms with Gasteiger partial charge in [0.2, 0.25) is 11.8 Å². The molecule has 3 rings (SSSR count). The molecule has 0 saturated heterocycles. The van der Waals surface area contributed by atoms with Crippen molar-refractivity contribution in [2.24, 2.45) is 0 Å². The maximum absolute atomic E-state index is 13.9. The number of hydrogen-bond donors (Lipinski definition) is 1. The van der Waals surface area contributed by atoms with E-state index in [1.807, 2.05) is 51.1 Å². The van der Waals surface area contributed by atoms with Crippen LogP contribution < -0.4 is 14.4 Å². The van der Waals surface area contributed by atoms with Crippen LogP contribution in [-0.2, 0) is 26.2 Å². The predicted octanol–water partition coefficient (Wildman–Crippen LogP) is 4.22. The summed E-state index contributed by atoms with van der Waals surface area (Å²) in [5.41, 5.74) is 0.582. The Morgan fingerprint density at radius 3 is 2.11 bits per heavy atom. The van der Waals surface area contributed by atoms with Crippen molar-refractivity contribution < 1.29 is 22.7 Å². The standard InChI is InChI=1S/C29H35N3O5S/c1-22(28(34)30-29(2,3)4)31(20-23-13-8-6-9-14-23)27(33)21-32(24-15-12-16-25(19-24)37-5)38(35,36)26-17-10-7-11-18-26/h6-19,22H,20-21H2,1-5H3,(H,30,34)/t22-/m1/s1. The highest BCUT2D eigenvalue weighted by Gasteiger charge is 2.33. The molecule has 3 aromatic rings. The number of amides is 2. The molecule has 0 aliphatic rings. The summed E-state index contributed by atoms with van der Waals surface area (Å²) in [6.07, 6.45) is 0. The quantitative estimate of drug-likeness (QED) is 0.418. The van der Waals surface area contributed by atoms with Gasteiger partial charge < -0.3 is 15.0 Å². The van der Waals surface area contributed by atoms with Gasteiger partial charge in [0.15, 0.2) is 0 Å². The Labute approximate surface area is 225 Å². The fourth-order valence-corrected chi connectivity index (χ4v) is 5.28. The van der Waals surface area contributed by atoms with E-state index in [-0.39, 0.29) is 23.0 Å². The molecule has 0 heterocycles. The summed E-state index contributed by atoms with van der Waals surface area (Å²) in [7, 11) is -2.64. The zero-order valence-corrected chi connectivity index (χ0v) is 23.2. The van der Waals surface area contributed by atoms with Gasteiger partial charge in [0, 0.05) is 18.2 Å². The van der Waals surface area contributed by atoms with E-state index in [9.17, 15) is 18.0 Å². The van der Waals surface area contributed by atoms with Crippen molar-refractivity contribution in [1.82, 2.24) is 10.2 Å². The molecule has 0 aromatic heterocycles. The monoisotopic (exact) mass is 537 g/mol. The van der Waals surface area contributed by atoms with Gasteiger partial charge in [-0.25, -0.2) is 8.42 Å². The Bertz CT molecular complexity index is 1340. The van der Waals surface area contributed by atoms with Crippen molar-refractivity contribution in [3.63, 3.8) is 0 Å². The van der Waals surface area contributed by atoms with Crippen LogP contribution in [-0.4, -0.2) is 50.4 Å². The van der Waals surface area contributed by atoms with Crippen molar-refractivity contribution in [1.29, 1.82) is 0 Å². The number of nitrogens with one attached hydrogen (secondary N) is 1. The van der Waals surface area contributed by atoms with Gasteiger partial charge in [-0.15, -0.1) is 0 Å². The second-order valence-corrected chi connectivity index (χ2v) is 11.8. The lowest BCUT2D eigenvalue weighted by Crippen LogP contribution is -2.54. The zero-order valence-electron chi connectivity index (χ0n) is 22.4. The summed E-state index contributed by atoms with van der Waals surface area (Å²) in [6, 6.07) is 22.9. The second-order valence-electron chi connectivity index (χ2n) is 9.95. The molecule has 38 heavy (non-hydrogen) atoms. The van der Waals surface area contributed by atoms with Crippen molar-refractivity contribution in [3.8, 4) is 5.75 Å². The summed E-state index contributed by atoms with van der Waals surface area (Å²) in [6.45, 7) is 6.84. The van der Waals surface area contributed by atoms with Crippen LogP contribution >= 0.6 is 0 Å². The molecular weight excluding hydrogens is 502 g/mol. The first-order valence-corrected chi connectivity index (χ1v) is 13.7. The van der Waals surface area contributed by atoms with Gasteiger partial charge in [-0.3, -0.25) is 13.9 Å². The molecule has 0 aliphatic carbocycles. The van der Waals surface area contributed by atoms with E-state index in [1.54, 1.807) is 49.4 Å². The Hall–Kier alpha value is -3.85. The number of ether oxygens (including phenoxy) is 1. The van der Waals surface area contributed by atoms with E-state index in [0.29, 0.717) is 5.75 Å². The van der Waals surface area contributed by atoms with Gasteiger partial charge >= 0.3 is 0 Å². The smallest absolute Gasteiger partial charge is 0.264 e. The highest BCUT2D eigenvalue weighted by atomic mass is 32.2. The van der Waals surface area contributed by atoms with Crippen LogP contribution in [0.2, 0.25) is 0 Å². The Balaban J connectivity index is 2.03. The molecule has 0 fully saturated rings. The van der Waals surface area contributed by atoms with E-state index >= 15 is 0 Å². The van der Waals surface area contributed by atoms with E-state index in [4.69, 9.17) is 4.74 Å². The number of anilines is 1. The highest BCUT2D eigenvalue weighted by molar-refractivity contribution is 7.92. The van der Waals surface area contributed by atoms with Crippen LogP contribution in [0.3, 0.4) is 0 Å². The van der Waals surface area contributed by atoms with E-state index in [0.717, 1.165) is 9.87 Å². The number of rotatable bonds is 10. The minimum Gasteiger partial charge on any atom is -0.497 e. The van der Waals surface area contributed by atoms with Gasteiger partial charge in [-0.05, 0) is 57.5 Å². The van der Waals surface area contributed by atoms with Crippen molar-refractivity contribution in [2.45, 2.75) is 50.7 Å². The van der Waals surface area contributed by atoms with Gasteiger partial charge in [0.05, 0.1) is 17.7 Å². The maximum atomic E-state index is 13.9. The van der Waals surface area contributed by atoms with Gasteiger partial charge in [0.25, 0.3) is 10.0 Å². The molecule has 8 nitrogen and oxygen atoms in total. The fourth-order valence-electron chi connectivity index (χ4n) is 3.85. The third-order valence-corrected chi connectivity index (χ3v) is 7.60. The third-order valence-electron chi connectivity index (χ3n) is 5.81. The summed E-state index contributed by atoms with van der Waals surface area (Å²) in [4.78, 5) is 28.4. The minimum atomic E-state index is -4.13. The molecule has 202 valence electrons. The van der Waals surface area contributed by atoms with E-state index in [2.05, 4.69) is 5.32 Å². The average Bonchev–Trinajstić information content (AvgIpc) is 2.90. The number of carbonyl (C=O) groups is 2. The van der Waals surface area contributed by atoms with Crippen molar-refractivity contribution in [3.05, 3.63) is 90.5 Å². The normalized spacial score (nSPS) is 12.3. The number of nitrogens with zero attached hydrogens (tertiary/aromatic N) is 2. The van der Waals surface area contributed by atoms with Crippen LogP contribution in [0.4, 0.5) is 5.69 Å². The largest absolute Gasteiger partial charge is 0.497 e. The first kappa shape index (κ1) is 28.7. The van der Waals surface area contributed by atoms with Crippen molar-refractivity contribution >= 4 is 27.5 Å². The molecule has 1 N–H and O–H groups in total. The zero-order chi connectivity index (χ0) is 27.9. The van der Waals surface area contributed by atoms with Crippen LogP contribution in [0.5, 0.6) is 5.75 Å². The lowest BCUT2D eigenvalue weighted by atomic mass is 10.1. The molecule has 0 unspecified atom stereocenters. The minimum absolute atomic E-state index is 0.0451. The van der Waals surface area contributed by atoms with Crippen LogP contribution in [0.1, 0.15) is 33.3 Å². The van der Waals surface area contributed by atoms with Gasteiger partial charge in [-0.2, -0.15) is 0 Å². The molecular formula is C29H35N3O5S. The average molecular weight is 538 g/mol.